The Balaban J connectivity index is 3.04. The van der Waals surface area contributed by atoms with Crippen LogP contribution in [-0.2, 0) is 0 Å². The lowest BCUT2D eigenvalue weighted by Gasteiger charge is -2.13. The molecule has 1 unspecified atom stereocenters. The van der Waals surface area contributed by atoms with E-state index in [0.29, 0.717) is 5.56 Å². The number of hydrogen-bond donors (Lipinski definition) is 1. The van der Waals surface area contributed by atoms with E-state index < -0.39 is 6.43 Å². The van der Waals surface area contributed by atoms with Gasteiger partial charge in [-0.3, -0.25) is 4.98 Å². The Labute approximate surface area is 76.0 Å². The van der Waals surface area contributed by atoms with E-state index in [1.54, 1.807) is 19.2 Å². The third-order valence-corrected chi connectivity index (χ3v) is 1.98. The van der Waals surface area contributed by atoms with Crippen molar-refractivity contribution in [2.24, 2.45) is 0 Å². The number of hydrogen-bond acceptors (Lipinski definition) is 2. The van der Waals surface area contributed by atoms with Crippen LogP contribution in [0.4, 0.5) is 8.78 Å². The summed E-state index contributed by atoms with van der Waals surface area (Å²) in [5, 5.41) is 2.90. The van der Waals surface area contributed by atoms with Crippen LogP contribution in [0.5, 0.6) is 0 Å². The fourth-order valence-electron chi connectivity index (χ4n) is 1.13. The third kappa shape index (κ3) is 2.21. The molecule has 0 fully saturated rings. The number of alkyl halides is 2. The first-order valence-electron chi connectivity index (χ1n) is 4.07. The molecule has 1 heterocycles. The van der Waals surface area contributed by atoms with Gasteiger partial charge in [-0.05, 0) is 25.6 Å². The van der Waals surface area contributed by atoms with Crippen molar-refractivity contribution in [2.45, 2.75) is 19.4 Å². The summed E-state index contributed by atoms with van der Waals surface area (Å²) in [5.41, 5.74) is 0.421. The Hall–Kier alpha value is -1.03. The van der Waals surface area contributed by atoms with Gasteiger partial charge in [-0.15, -0.1) is 0 Å². The predicted molar refractivity (Wildman–Crippen MR) is 46.7 cm³/mol. The molecule has 1 rings (SSSR count). The molecule has 0 saturated heterocycles. The van der Waals surface area contributed by atoms with Crippen LogP contribution in [0.1, 0.15) is 30.6 Å². The zero-order chi connectivity index (χ0) is 9.84. The third-order valence-electron chi connectivity index (χ3n) is 1.98. The number of aromatic nitrogens is 1. The van der Waals surface area contributed by atoms with E-state index in [2.05, 4.69) is 10.3 Å². The van der Waals surface area contributed by atoms with E-state index in [1.165, 1.54) is 6.20 Å². The maximum atomic E-state index is 12.4. The molecule has 0 bridgehead atoms. The minimum absolute atomic E-state index is 0.0994. The van der Waals surface area contributed by atoms with E-state index in [-0.39, 0.29) is 11.7 Å². The van der Waals surface area contributed by atoms with Gasteiger partial charge in [0.05, 0.1) is 0 Å². The molecule has 0 radical (unpaired) electrons. The average Bonchev–Trinajstić information content (AvgIpc) is 2.16. The van der Waals surface area contributed by atoms with Crippen molar-refractivity contribution in [3.63, 3.8) is 0 Å². The highest BCUT2D eigenvalue weighted by atomic mass is 19.3. The molecule has 1 N–H and O–H groups in total. The normalized spacial score (nSPS) is 13.3. The Morgan fingerprint density at radius 2 is 2.15 bits per heavy atom. The van der Waals surface area contributed by atoms with Crippen LogP contribution in [0.25, 0.3) is 0 Å². The summed E-state index contributed by atoms with van der Waals surface area (Å²) in [4.78, 5) is 3.66. The molecule has 1 aromatic heterocycles. The minimum Gasteiger partial charge on any atom is -0.313 e. The minimum atomic E-state index is -2.51. The number of halogens is 2. The van der Waals surface area contributed by atoms with Crippen molar-refractivity contribution in [3.05, 3.63) is 29.6 Å². The lowest BCUT2D eigenvalue weighted by molar-refractivity contribution is 0.144. The second kappa shape index (κ2) is 4.28. The molecule has 0 amide bonds. The summed E-state index contributed by atoms with van der Waals surface area (Å²) in [6.45, 7) is 1.82. The van der Waals surface area contributed by atoms with E-state index >= 15 is 0 Å². The van der Waals surface area contributed by atoms with Crippen molar-refractivity contribution in [1.82, 2.24) is 10.3 Å². The summed E-state index contributed by atoms with van der Waals surface area (Å²) in [7, 11) is 1.73. The van der Waals surface area contributed by atoms with Gasteiger partial charge >= 0.3 is 0 Å². The van der Waals surface area contributed by atoms with Gasteiger partial charge in [-0.25, -0.2) is 8.78 Å². The highest BCUT2D eigenvalue weighted by molar-refractivity contribution is 5.23. The second-order valence-corrected chi connectivity index (χ2v) is 2.79. The molecular weight excluding hydrogens is 174 g/mol. The largest absolute Gasteiger partial charge is 0.313 e. The summed E-state index contributed by atoms with van der Waals surface area (Å²) < 4.78 is 24.9. The number of nitrogens with one attached hydrogen (secondary N) is 1. The van der Waals surface area contributed by atoms with Crippen molar-refractivity contribution in [3.8, 4) is 0 Å². The smallest absolute Gasteiger partial charge is 0.280 e. The average molecular weight is 186 g/mol. The molecule has 0 saturated carbocycles. The zero-order valence-electron chi connectivity index (χ0n) is 7.59. The van der Waals surface area contributed by atoms with Crippen LogP contribution in [-0.4, -0.2) is 12.0 Å². The molecule has 0 aromatic carbocycles. The summed E-state index contributed by atoms with van der Waals surface area (Å²) >= 11 is 0. The lowest BCUT2D eigenvalue weighted by Crippen LogP contribution is -2.15. The maximum Gasteiger partial charge on any atom is 0.280 e. The van der Waals surface area contributed by atoms with Gasteiger partial charge in [0.15, 0.2) is 0 Å². The number of nitrogens with zero attached hydrogens (tertiary/aromatic N) is 1. The van der Waals surface area contributed by atoms with Crippen molar-refractivity contribution in [1.29, 1.82) is 0 Å². The monoisotopic (exact) mass is 186 g/mol. The molecule has 0 aliphatic heterocycles. The SMILES string of the molecule is CNC(C)c1cccnc1C(F)F. The summed E-state index contributed by atoms with van der Waals surface area (Å²) in [5.74, 6) is 0. The molecule has 0 aliphatic rings. The highest BCUT2D eigenvalue weighted by Gasteiger charge is 2.16. The Kier molecular flexibility index (Phi) is 3.31. The van der Waals surface area contributed by atoms with Gasteiger partial charge in [-0.1, -0.05) is 6.07 Å². The van der Waals surface area contributed by atoms with Gasteiger partial charge in [0.1, 0.15) is 5.69 Å². The van der Waals surface area contributed by atoms with Crippen molar-refractivity contribution >= 4 is 0 Å². The Morgan fingerprint density at radius 3 is 2.69 bits per heavy atom. The fourth-order valence-corrected chi connectivity index (χ4v) is 1.13. The highest BCUT2D eigenvalue weighted by Crippen LogP contribution is 2.24. The zero-order valence-corrected chi connectivity index (χ0v) is 7.59. The van der Waals surface area contributed by atoms with Crippen molar-refractivity contribution in [2.75, 3.05) is 7.05 Å². The Morgan fingerprint density at radius 1 is 1.46 bits per heavy atom. The standard InChI is InChI=1S/C9H12F2N2/c1-6(12-2)7-4-3-5-13-8(7)9(10)11/h3-6,9,12H,1-2H3. The van der Waals surface area contributed by atoms with Crippen LogP contribution in [0.3, 0.4) is 0 Å². The van der Waals surface area contributed by atoms with Crippen LogP contribution in [0.15, 0.2) is 18.3 Å². The Bertz CT molecular complexity index is 276. The van der Waals surface area contributed by atoms with Gasteiger partial charge in [0.2, 0.25) is 0 Å². The molecule has 1 aromatic rings. The second-order valence-electron chi connectivity index (χ2n) is 2.79. The fraction of sp³-hybridized carbons (Fsp3) is 0.444. The van der Waals surface area contributed by atoms with Crippen LogP contribution in [0, 0.1) is 0 Å². The van der Waals surface area contributed by atoms with Crippen molar-refractivity contribution < 1.29 is 8.78 Å². The van der Waals surface area contributed by atoms with E-state index in [1.807, 2.05) is 6.92 Å². The van der Waals surface area contributed by atoms with Gasteiger partial charge in [-0.2, -0.15) is 0 Å². The first-order valence-corrected chi connectivity index (χ1v) is 4.07. The van der Waals surface area contributed by atoms with E-state index in [4.69, 9.17) is 0 Å². The van der Waals surface area contributed by atoms with Gasteiger partial charge in [0, 0.05) is 12.2 Å². The topological polar surface area (TPSA) is 24.9 Å². The summed E-state index contributed by atoms with van der Waals surface area (Å²) in [6.07, 6.45) is -1.13. The molecule has 0 spiro atoms. The first kappa shape index (κ1) is 10.1. The lowest BCUT2D eigenvalue weighted by atomic mass is 10.1. The quantitative estimate of drug-likeness (QED) is 0.783. The molecule has 4 heteroatoms. The van der Waals surface area contributed by atoms with Crippen LogP contribution < -0.4 is 5.32 Å². The molecule has 2 nitrogen and oxygen atoms in total. The van der Waals surface area contributed by atoms with Gasteiger partial charge < -0.3 is 5.32 Å². The molecule has 13 heavy (non-hydrogen) atoms. The van der Waals surface area contributed by atoms with Gasteiger partial charge in [0.25, 0.3) is 6.43 Å². The maximum absolute atomic E-state index is 12.4. The first-order chi connectivity index (χ1) is 6.16. The molecular formula is C9H12F2N2. The van der Waals surface area contributed by atoms with Crippen LogP contribution in [0.2, 0.25) is 0 Å². The molecule has 72 valence electrons. The van der Waals surface area contributed by atoms with E-state index in [9.17, 15) is 8.78 Å². The van der Waals surface area contributed by atoms with E-state index in [0.717, 1.165) is 0 Å². The summed E-state index contributed by atoms with van der Waals surface area (Å²) in [6, 6.07) is 3.22. The molecule has 1 atom stereocenters. The van der Waals surface area contributed by atoms with Crippen LogP contribution >= 0.6 is 0 Å². The number of pyridine rings is 1. The predicted octanol–water partition coefficient (Wildman–Crippen LogP) is 2.30. The molecule has 0 aliphatic carbocycles. The number of rotatable bonds is 3.